The van der Waals surface area contributed by atoms with Crippen molar-refractivity contribution < 1.29 is 19.1 Å². The fourth-order valence-electron chi connectivity index (χ4n) is 1.79. The number of amides is 2. The van der Waals surface area contributed by atoms with E-state index in [9.17, 15) is 19.1 Å². The Morgan fingerprint density at radius 3 is 2.72 bits per heavy atom. The number of aromatic hydroxyl groups is 1. The Morgan fingerprint density at radius 2 is 2.11 bits per heavy atom. The van der Waals surface area contributed by atoms with Crippen LogP contribution in [0, 0.1) is 5.82 Å². The lowest BCUT2D eigenvalue weighted by Crippen LogP contribution is -2.50. The zero-order valence-corrected chi connectivity index (χ0v) is 9.89. The van der Waals surface area contributed by atoms with Crippen molar-refractivity contribution in [1.82, 2.24) is 9.80 Å². The van der Waals surface area contributed by atoms with Gasteiger partial charge < -0.3 is 14.9 Å². The summed E-state index contributed by atoms with van der Waals surface area (Å²) in [6.07, 6.45) is 0. The number of rotatable bonds is 1. The lowest BCUT2D eigenvalue weighted by Gasteiger charge is -2.32. The smallest absolute Gasteiger partial charge is 0.258 e. The third-order valence-corrected chi connectivity index (χ3v) is 2.93. The van der Waals surface area contributed by atoms with Crippen molar-refractivity contribution in [3.05, 3.63) is 29.6 Å². The van der Waals surface area contributed by atoms with E-state index >= 15 is 0 Å². The molecule has 2 rings (SSSR count). The van der Waals surface area contributed by atoms with Crippen LogP contribution in [0.5, 0.6) is 5.75 Å². The van der Waals surface area contributed by atoms with Gasteiger partial charge in [-0.3, -0.25) is 9.59 Å². The van der Waals surface area contributed by atoms with E-state index in [2.05, 4.69) is 0 Å². The summed E-state index contributed by atoms with van der Waals surface area (Å²) < 4.78 is 12.8. The van der Waals surface area contributed by atoms with Crippen molar-refractivity contribution in [3.8, 4) is 5.75 Å². The molecule has 0 atom stereocenters. The van der Waals surface area contributed by atoms with Crippen molar-refractivity contribution in [2.75, 3.05) is 26.7 Å². The van der Waals surface area contributed by atoms with Gasteiger partial charge in [0, 0.05) is 26.2 Å². The Bertz CT molecular complexity index is 504. The predicted octanol–water partition coefficient (Wildman–Crippen LogP) is 0.446. The zero-order valence-electron chi connectivity index (χ0n) is 9.89. The van der Waals surface area contributed by atoms with Gasteiger partial charge in [0.2, 0.25) is 5.91 Å². The summed E-state index contributed by atoms with van der Waals surface area (Å²) in [5.74, 6) is -1.64. The lowest BCUT2D eigenvalue weighted by molar-refractivity contribution is -0.133. The number of phenolic OH excluding ortho intramolecular Hbond substituents is 1. The molecule has 0 bridgehead atoms. The summed E-state index contributed by atoms with van der Waals surface area (Å²) in [4.78, 5) is 26.4. The molecule has 0 aliphatic carbocycles. The van der Waals surface area contributed by atoms with Crippen LogP contribution in [0.2, 0.25) is 0 Å². The molecule has 1 aromatic rings. The van der Waals surface area contributed by atoms with Gasteiger partial charge in [0.05, 0.1) is 5.56 Å². The molecular weight excluding hydrogens is 239 g/mol. The van der Waals surface area contributed by atoms with Gasteiger partial charge in [-0.05, 0) is 12.1 Å². The third kappa shape index (κ3) is 2.27. The summed E-state index contributed by atoms with van der Waals surface area (Å²) in [6, 6.07) is 3.20. The summed E-state index contributed by atoms with van der Waals surface area (Å²) in [5.41, 5.74) is 0.00810. The third-order valence-electron chi connectivity index (χ3n) is 2.93. The molecule has 0 aromatic heterocycles. The Hall–Kier alpha value is -2.11. The van der Waals surface area contributed by atoms with Gasteiger partial charge in [-0.1, -0.05) is 0 Å². The van der Waals surface area contributed by atoms with Crippen LogP contribution in [0.4, 0.5) is 4.39 Å². The fourth-order valence-corrected chi connectivity index (χ4v) is 1.79. The van der Waals surface area contributed by atoms with Gasteiger partial charge in [-0.2, -0.15) is 0 Å². The van der Waals surface area contributed by atoms with Gasteiger partial charge in [0.15, 0.2) is 0 Å². The quantitative estimate of drug-likeness (QED) is 0.789. The maximum Gasteiger partial charge on any atom is 0.258 e. The molecule has 1 fully saturated rings. The number of halogens is 1. The van der Waals surface area contributed by atoms with E-state index in [1.807, 2.05) is 0 Å². The molecule has 1 aromatic carbocycles. The molecule has 1 heterocycles. The highest BCUT2D eigenvalue weighted by atomic mass is 19.1. The normalized spacial score (nSPS) is 16.0. The van der Waals surface area contributed by atoms with Crippen LogP contribution in [0.15, 0.2) is 18.2 Å². The van der Waals surface area contributed by atoms with Crippen LogP contribution in [-0.2, 0) is 4.79 Å². The Kier molecular flexibility index (Phi) is 3.18. The van der Waals surface area contributed by atoms with Crippen LogP contribution < -0.4 is 0 Å². The Morgan fingerprint density at radius 1 is 1.39 bits per heavy atom. The SMILES string of the molecule is CN1CCN(C(=O)c2ccc(F)cc2O)CC1=O. The number of benzene rings is 1. The zero-order chi connectivity index (χ0) is 13.3. The van der Waals surface area contributed by atoms with Gasteiger partial charge in [0.25, 0.3) is 5.91 Å². The highest BCUT2D eigenvalue weighted by molar-refractivity contribution is 5.99. The summed E-state index contributed by atoms with van der Waals surface area (Å²) >= 11 is 0. The number of nitrogens with zero attached hydrogens (tertiary/aromatic N) is 2. The number of carbonyl (C=O) groups is 2. The minimum absolute atomic E-state index is 0.00810. The molecule has 5 nitrogen and oxygen atoms in total. The van der Waals surface area contributed by atoms with Crippen LogP contribution >= 0.6 is 0 Å². The van der Waals surface area contributed by atoms with E-state index in [0.29, 0.717) is 13.1 Å². The van der Waals surface area contributed by atoms with E-state index in [1.54, 1.807) is 7.05 Å². The second-order valence-electron chi connectivity index (χ2n) is 4.20. The van der Waals surface area contributed by atoms with Crippen LogP contribution in [-0.4, -0.2) is 53.4 Å². The van der Waals surface area contributed by atoms with E-state index in [4.69, 9.17) is 0 Å². The molecule has 1 aliphatic heterocycles. The van der Waals surface area contributed by atoms with Gasteiger partial charge >= 0.3 is 0 Å². The Balaban J connectivity index is 2.19. The van der Waals surface area contributed by atoms with Crippen molar-refractivity contribution in [2.45, 2.75) is 0 Å². The number of carbonyl (C=O) groups excluding carboxylic acids is 2. The number of piperazine rings is 1. The fraction of sp³-hybridized carbons (Fsp3) is 0.333. The predicted molar refractivity (Wildman–Crippen MR) is 61.6 cm³/mol. The van der Waals surface area contributed by atoms with Crippen molar-refractivity contribution >= 4 is 11.8 Å². The highest BCUT2D eigenvalue weighted by Crippen LogP contribution is 2.20. The van der Waals surface area contributed by atoms with Gasteiger partial charge in [0.1, 0.15) is 18.1 Å². The minimum Gasteiger partial charge on any atom is -0.507 e. The second-order valence-corrected chi connectivity index (χ2v) is 4.20. The molecule has 1 saturated heterocycles. The first-order chi connectivity index (χ1) is 8.49. The molecule has 6 heteroatoms. The average molecular weight is 252 g/mol. The monoisotopic (exact) mass is 252 g/mol. The number of phenols is 1. The first-order valence-corrected chi connectivity index (χ1v) is 5.51. The molecule has 0 spiro atoms. The molecule has 1 N–H and O–H groups in total. The maximum absolute atomic E-state index is 12.8. The molecule has 96 valence electrons. The molecular formula is C12H13FN2O3. The van der Waals surface area contributed by atoms with Gasteiger partial charge in [-0.25, -0.2) is 4.39 Å². The summed E-state index contributed by atoms with van der Waals surface area (Å²) in [6.45, 7) is 0.830. The maximum atomic E-state index is 12.8. The largest absolute Gasteiger partial charge is 0.507 e. The van der Waals surface area contributed by atoms with Crippen molar-refractivity contribution in [1.29, 1.82) is 0 Å². The van der Waals surface area contributed by atoms with E-state index in [0.717, 1.165) is 12.1 Å². The molecule has 0 unspecified atom stereocenters. The molecule has 0 saturated carbocycles. The van der Waals surface area contributed by atoms with E-state index in [-0.39, 0.29) is 18.0 Å². The molecule has 1 aliphatic rings. The average Bonchev–Trinajstić information content (AvgIpc) is 2.32. The standard InChI is InChI=1S/C12H13FN2O3/c1-14-4-5-15(7-11(14)17)12(18)9-3-2-8(13)6-10(9)16/h2-3,6,16H,4-5,7H2,1H3. The summed E-state index contributed by atoms with van der Waals surface area (Å²) in [5, 5.41) is 9.53. The van der Waals surface area contributed by atoms with Crippen LogP contribution in [0.3, 0.4) is 0 Å². The van der Waals surface area contributed by atoms with Crippen LogP contribution in [0.1, 0.15) is 10.4 Å². The van der Waals surface area contributed by atoms with Crippen molar-refractivity contribution in [3.63, 3.8) is 0 Å². The van der Waals surface area contributed by atoms with E-state index < -0.39 is 17.5 Å². The number of likely N-dealkylation sites (N-methyl/N-ethyl adjacent to an activating group) is 1. The molecule has 18 heavy (non-hydrogen) atoms. The summed E-state index contributed by atoms with van der Waals surface area (Å²) in [7, 11) is 1.67. The topological polar surface area (TPSA) is 60.9 Å². The minimum atomic E-state index is -0.612. The first-order valence-electron chi connectivity index (χ1n) is 5.51. The van der Waals surface area contributed by atoms with Crippen molar-refractivity contribution in [2.24, 2.45) is 0 Å². The molecule has 2 amide bonds. The molecule has 0 radical (unpaired) electrons. The highest BCUT2D eigenvalue weighted by Gasteiger charge is 2.26. The second kappa shape index (κ2) is 4.64. The first kappa shape index (κ1) is 12.3. The number of hydrogen-bond acceptors (Lipinski definition) is 3. The van der Waals surface area contributed by atoms with E-state index in [1.165, 1.54) is 15.9 Å². The lowest BCUT2D eigenvalue weighted by atomic mass is 10.1. The Labute approximate surface area is 103 Å². The number of hydrogen-bond donors (Lipinski definition) is 1. The van der Waals surface area contributed by atoms with Gasteiger partial charge in [-0.15, -0.1) is 0 Å². The van der Waals surface area contributed by atoms with Crippen LogP contribution in [0.25, 0.3) is 0 Å².